The summed E-state index contributed by atoms with van der Waals surface area (Å²) in [6, 6.07) is 3.13. The highest BCUT2D eigenvalue weighted by atomic mass is 79.9. The van der Waals surface area contributed by atoms with E-state index in [0.717, 1.165) is 12.1 Å². The number of halogens is 4. The second kappa shape index (κ2) is 6.10. The molecule has 0 aliphatic carbocycles. The van der Waals surface area contributed by atoms with Crippen LogP contribution in [-0.4, -0.2) is 20.7 Å². The fraction of sp³-hybridized carbons (Fsp3) is 0.400. The minimum absolute atomic E-state index is 0.132. The zero-order chi connectivity index (χ0) is 14.7. The Kier molecular flexibility index (Phi) is 5.22. The lowest BCUT2D eigenvalue weighted by Crippen LogP contribution is -2.19. The van der Waals surface area contributed by atoms with Gasteiger partial charge in [-0.15, -0.1) is 0 Å². The van der Waals surface area contributed by atoms with Gasteiger partial charge in [-0.1, -0.05) is 15.9 Å². The molecule has 0 spiro atoms. The summed E-state index contributed by atoms with van der Waals surface area (Å²) in [5.41, 5.74) is 4.11. The largest absolute Gasteiger partial charge is 0.417 e. The normalized spacial score (nSPS) is 12.5. The number of nitrogens with one attached hydrogen (secondary N) is 1. The zero-order valence-corrected chi connectivity index (χ0v) is 12.1. The maximum atomic E-state index is 12.6. The predicted octanol–water partition coefficient (Wildman–Crippen LogP) is 2.56. The van der Waals surface area contributed by atoms with E-state index in [2.05, 4.69) is 20.7 Å². The Morgan fingerprint density at radius 3 is 2.47 bits per heavy atom. The van der Waals surface area contributed by atoms with E-state index < -0.39 is 21.8 Å². The van der Waals surface area contributed by atoms with Crippen LogP contribution in [-0.2, 0) is 16.2 Å². The smallest absolute Gasteiger partial charge is 0.330 e. The number of hydrogen-bond acceptors (Lipinski definition) is 3. The molecule has 1 aromatic rings. The molecule has 0 saturated heterocycles. The van der Waals surface area contributed by atoms with E-state index in [9.17, 15) is 21.6 Å². The molecule has 0 atom stereocenters. The number of nitrogens with two attached hydrogens (primary N) is 1. The molecule has 0 aliphatic heterocycles. The highest BCUT2D eigenvalue weighted by Crippen LogP contribution is 2.36. The predicted molar refractivity (Wildman–Crippen MR) is 70.2 cm³/mol. The van der Waals surface area contributed by atoms with Gasteiger partial charge in [-0.25, -0.2) is 8.42 Å². The third-order valence-electron chi connectivity index (χ3n) is 2.16. The van der Waals surface area contributed by atoms with E-state index in [0.29, 0.717) is 0 Å². The molecule has 3 N–H and O–H groups in total. The average Bonchev–Trinajstić information content (AvgIpc) is 2.27. The SMILES string of the molecule is NCCCS(=O)(=O)Nc1ccc(Br)c(C(F)(F)F)c1. The van der Waals surface area contributed by atoms with Crippen LogP contribution in [0, 0.1) is 0 Å². The third kappa shape index (κ3) is 5.00. The number of sulfonamides is 1. The second-order valence-corrected chi connectivity index (χ2v) is 6.45. The van der Waals surface area contributed by atoms with Gasteiger partial charge in [0.1, 0.15) is 0 Å². The van der Waals surface area contributed by atoms with Crippen molar-refractivity contribution in [3.8, 4) is 0 Å². The first-order valence-corrected chi connectivity index (χ1v) is 7.67. The van der Waals surface area contributed by atoms with Crippen LogP contribution in [0.25, 0.3) is 0 Å². The molecular formula is C10H12BrF3N2O2S. The van der Waals surface area contributed by atoms with Gasteiger partial charge in [0.2, 0.25) is 10.0 Å². The molecular weight excluding hydrogens is 349 g/mol. The molecule has 0 fully saturated rings. The molecule has 108 valence electrons. The quantitative estimate of drug-likeness (QED) is 0.847. The van der Waals surface area contributed by atoms with Crippen molar-refractivity contribution in [1.82, 2.24) is 0 Å². The van der Waals surface area contributed by atoms with Crippen LogP contribution in [0.15, 0.2) is 22.7 Å². The third-order valence-corrected chi connectivity index (χ3v) is 4.23. The minimum atomic E-state index is -4.56. The van der Waals surface area contributed by atoms with Crippen LogP contribution in [0.3, 0.4) is 0 Å². The van der Waals surface area contributed by atoms with Gasteiger partial charge in [-0.3, -0.25) is 4.72 Å². The Labute approximate surface area is 117 Å². The Bertz CT molecular complexity index is 546. The van der Waals surface area contributed by atoms with Gasteiger partial charge in [-0.05, 0) is 31.2 Å². The molecule has 19 heavy (non-hydrogen) atoms. The monoisotopic (exact) mass is 360 g/mol. The van der Waals surface area contributed by atoms with Crippen LogP contribution in [0.5, 0.6) is 0 Å². The molecule has 0 bridgehead atoms. The first-order chi connectivity index (χ1) is 8.65. The number of anilines is 1. The topological polar surface area (TPSA) is 72.2 Å². The van der Waals surface area contributed by atoms with Crippen molar-refractivity contribution in [3.05, 3.63) is 28.2 Å². The molecule has 1 aromatic carbocycles. The first kappa shape index (κ1) is 16.3. The summed E-state index contributed by atoms with van der Waals surface area (Å²) in [6.45, 7) is 0.190. The first-order valence-electron chi connectivity index (χ1n) is 5.23. The van der Waals surface area contributed by atoms with Crippen molar-refractivity contribution < 1.29 is 21.6 Å². The molecule has 0 heterocycles. The lowest BCUT2D eigenvalue weighted by molar-refractivity contribution is -0.138. The maximum Gasteiger partial charge on any atom is 0.417 e. The molecule has 1 rings (SSSR count). The Morgan fingerprint density at radius 2 is 1.95 bits per heavy atom. The minimum Gasteiger partial charge on any atom is -0.330 e. The fourth-order valence-electron chi connectivity index (χ4n) is 1.31. The highest BCUT2D eigenvalue weighted by molar-refractivity contribution is 9.10. The zero-order valence-electron chi connectivity index (χ0n) is 9.67. The Morgan fingerprint density at radius 1 is 1.32 bits per heavy atom. The highest BCUT2D eigenvalue weighted by Gasteiger charge is 2.33. The van der Waals surface area contributed by atoms with Crippen molar-refractivity contribution in [2.75, 3.05) is 17.0 Å². The van der Waals surface area contributed by atoms with E-state index >= 15 is 0 Å². The molecule has 0 saturated carbocycles. The summed E-state index contributed by atoms with van der Waals surface area (Å²) < 4.78 is 63.0. The molecule has 0 radical (unpaired) electrons. The summed E-state index contributed by atoms with van der Waals surface area (Å²) in [5, 5.41) is 0. The second-order valence-electron chi connectivity index (χ2n) is 3.76. The Balaban J connectivity index is 2.98. The number of benzene rings is 1. The van der Waals surface area contributed by atoms with E-state index in [1.165, 1.54) is 6.07 Å². The van der Waals surface area contributed by atoms with Crippen LogP contribution in [0.4, 0.5) is 18.9 Å². The van der Waals surface area contributed by atoms with Gasteiger partial charge in [0.15, 0.2) is 0 Å². The summed E-state index contributed by atoms with van der Waals surface area (Å²) in [4.78, 5) is 0. The molecule has 0 amide bonds. The van der Waals surface area contributed by atoms with Gasteiger partial charge < -0.3 is 5.73 Å². The lowest BCUT2D eigenvalue weighted by atomic mass is 10.2. The van der Waals surface area contributed by atoms with Crippen molar-refractivity contribution >= 4 is 31.6 Å². The summed E-state index contributed by atoms with van der Waals surface area (Å²) in [5.74, 6) is -0.235. The number of hydrogen-bond donors (Lipinski definition) is 2. The van der Waals surface area contributed by atoms with Crippen molar-refractivity contribution in [2.45, 2.75) is 12.6 Å². The van der Waals surface area contributed by atoms with Crippen LogP contribution in [0.1, 0.15) is 12.0 Å². The summed E-state index contributed by atoms with van der Waals surface area (Å²) in [6.07, 6.45) is -4.32. The van der Waals surface area contributed by atoms with Gasteiger partial charge in [-0.2, -0.15) is 13.2 Å². The standard InChI is InChI=1S/C10H12BrF3N2O2S/c11-9-3-2-7(6-8(9)10(12,13)14)16-19(17,18)5-1-4-15/h2-3,6,16H,1,4-5,15H2. The van der Waals surface area contributed by atoms with Crippen molar-refractivity contribution in [1.29, 1.82) is 0 Å². The van der Waals surface area contributed by atoms with Gasteiger partial charge in [0.25, 0.3) is 0 Å². The molecule has 4 nitrogen and oxygen atoms in total. The van der Waals surface area contributed by atoms with Crippen molar-refractivity contribution in [3.63, 3.8) is 0 Å². The van der Waals surface area contributed by atoms with E-state index in [1.807, 2.05) is 0 Å². The number of alkyl halides is 3. The lowest BCUT2D eigenvalue weighted by Gasteiger charge is -2.12. The van der Waals surface area contributed by atoms with Gasteiger partial charge >= 0.3 is 6.18 Å². The fourth-order valence-corrected chi connectivity index (χ4v) is 2.92. The molecule has 0 aromatic heterocycles. The maximum absolute atomic E-state index is 12.6. The average molecular weight is 361 g/mol. The van der Waals surface area contributed by atoms with Crippen LogP contribution >= 0.6 is 15.9 Å². The summed E-state index contributed by atoms with van der Waals surface area (Å²) in [7, 11) is -3.68. The van der Waals surface area contributed by atoms with Crippen molar-refractivity contribution in [2.24, 2.45) is 5.73 Å². The number of rotatable bonds is 5. The van der Waals surface area contributed by atoms with E-state index in [4.69, 9.17) is 5.73 Å². The van der Waals surface area contributed by atoms with E-state index in [1.54, 1.807) is 0 Å². The van der Waals surface area contributed by atoms with Crippen LogP contribution in [0.2, 0.25) is 0 Å². The van der Waals surface area contributed by atoms with Gasteiger partial charge in [0.05, 0.1) is 11.3 Å². The molecule has 0 unspecified atom stereocenters. The van der Waals surface area contributed by atoms with E-state index in [-0.39, 0.29) is 28.9 Å². The summed E-state index contributed by atoms with van der Waals surface area (Å²) >= 11 is 2.77. The molecule has 9 heteroatoms. The van der Waals surface area contributed by atoms with Gasteiger partial charge in [0, 0.05) is 10.2 Å². The Hall–Kier alpha value is -0.800. The van der Waals surface area contributed by atoms with Crippen LogP contribution < -0.4 is 10.5 Å². The molecule has 0 aliphatic rings.